The number of hydrogen-bond acceptors (Lipinski definition) is 6. The molecule has 0 spiro atoms. The quantitative estimate of drug-likeness (QED) is 0.469. The Morgan fingerprint density at radius 1 is 0.957 bits per heavy atom. The number of ketones is 2. The third kappa shape index (κ3) is 5.02. The molecule has 124 valence electrons. The zero-order valence-corrected chi connectivity index (χ0v) is 13.8. The fourth-order valence-corrected chi connectivity index (χ4v) is 1.87. The third-order valence-corrected chi connectivity index (χ3v) is 2.90. The van der Waals surface area contributed by atoms with Crippen LogP contribution in [0.15, 0.2) is 24.3 Å². The minimum atomic E-state index is -1.52. The summed E-state index contributed by atoms with van der Waals surface area (Å²) < 4.78 is 9.69. The van der Waals surface area contributed by atoms with Gasteiger partial charge in [0.2, 0.25) is 0 Å². The van der Waals surface area contributed by atoms with Crippen LogP contribution < -0.4 is 0 Å². The number of benzene rings is 1. The predicted octanol–water partition coefficient (Wildman–Crippen LogP) is 2.20. The van der Waals surface area contributed by atoms with Crippen molar-refractivity contribution in [3.8, 4) is 0 Å². The van der Waals surface area contributed by atoms with Crippen LogP contribution in [0.4, 0.5) is 0 Å². The summed E-state index contributed by atoms with van der Waals surface area (Å²) in [5.41, 5.74) is -0.399. The van der Waals surface area contributed by atoms with Crippen LogP contribution in [0.2, 0.25) is 0 Å². The Morgan fingerprint density at radius 3 is 1.83 bits per heavy atom. The van der Waals surface area contributed by atoms with Gasteiger partial charge in [-0.3, -0.25) is 14.4 Å². The Morgan fingerprint density at radius 2 is 1.43 bits per heavy atom. The topological polar surface area (TPSA) is 86.7 Å². The van der Waals surface area contributed by atoms with Gasteiger partial charge >= 0.3 is 11.9 Å². The highest BCUT2D eigenvalue weighted by atomic mass is 16.6. The minimum absolute atomic E-state index is 0.142. The largest absolute Gasteiger partial charge is 0.465 e. The fourth-order valence-electron chi connectivity index (χ4n) is 1.87. The number of rotatable bonds is 5. The molecule has 0 aliphatic carbocycles. The van der Waals surface area contributed by atoms with Gasteiger partial charge in [-0.05, 0) is 39.8 Å². The highest BCUT2D eigenvalue weighted by Gasteiger charge is 2.35. The van der Waals surface area contributed by atoms with E-state index in [9.17, 15) is 19.2 Å². The van der Waals surface area contributed by atoms with Crippen molar-refractivity contribution in [2.75, 3.05) is 7.11 Å². The van der Waals surface area contributed by atoms with E-state index in [0.717, 1.165) is 6.92 Å². The summed E-state index contributed by atoms with van der Waals surface area (Å²) in [6.45, 7) is 6.11. The summed E-state index contributed by atoms with van der Waals surface area (Å²) in [6, 6.07) is 5.53. The summed E-state index contributed by atoms with van der Waals surface area (Å²) in [5, 5.41) is 0. The lowest BCUT2D eigenvalue weighted by Gasteiger charge is -2.22. The van der Waals surface area contributed by atoms with Crippen LogP contribution in [-0.2, 0) is 19.1 Å². The van der Waals surface area contributed by atoms with Gasteiger partial charge in [-0.1, -0.05) is 12.1 Å². The number of hydrogen-bond donors (Lipinski definition) is 0. The lowest BCUT2D eigenvalue weighted by Crippen LogP contribution is -2.36. The molecule has 6 nitrogen and oxygen atoms in total. The molecule has 0 N–H and O–H groups in total. The smallest absolute Gasteiger partial charge is 0.337 e. The molecular weight excluding hydrogens is 300 g/mol. The van der Waals surface area contributed by atoms with Crippen molar-refractivity contribution >= 4 is 23.5 Å². The number of methoxy groups -OCH3 is 1. The lowest BCUT2D eigenvalue weighted by atomic mass is 9.93. The number of esters is 2. The number of carbonyl (C=O) groups excluding carboxylic acids is 4. The van der Waals surface area contributed by atoms with E-state index in [-0.39, 0.29) is 11.1 Å². The van der Waals surface area contributed by atoms with Crippen molar-refractivity contribution in [1.82, 2.24) is 0 Å². The van der Waals surface area contributed by atoms with Gasteiger partial charge in [-0.25, -0.2) is 4.79 Å². The maximum atomic E-state index is 12.4. The zero-order valence-electron chi connectivity index (χ0n) is 13.8. The first kappa shape index (κ1) is 18.5. The molecule has 0 amide bonds. The molecule has 23 heavy (non-hydrogen) atoms. The van der Waals surface area contributed by atoms with E-state index in [1.807, 2.05) is 0 Å². The van der Waals surface area contributed by atoms with E-state index < -0.39 is 35.0 Å². The lowest BCUT2D eigenvalue weighted by molar-refractivity contribution is -0.159. The molecule has 1 aromatic carbocycles. The van der Waals surface area contributed by atoms with Gasteiger partial charge < -0.3 is 9.47 Å². The van der Waals surface area contributed by atoms with Gasteiger partial charge in [0.05, 0.1) is 12.7 Å². The minimum Gasteiger partial charge on any atom is -0.465 e. The molecule has 0 bridgehead atoms. The Hall–Kier alpha value is -2.50. The molecule has 0 aliphatic heterocycles. The summed E-state index contributed by atoms with van der Waals surface area (Å²) in [4.78, 5) is 47.6. The van der Waals surface area contributed by atoms with E-state index in [1.54, 1.807) is 20.8 Å². The molecule has 1 atom stereocenters. The first-order valence-corrected chi connectivity index (χ1v) is 7.02. The average molecular weight is 320 g/mol. The molecule has 0 radical (unpaired) electrons. The van der Waals surface area contributed by atoms with Gasteiger partial charge in [-0.15, -0.1) is 0 Å². The zero-order chi connectivity index (χ0) is 17.8. The highest BCUT2D eigenvalue weighted by Crippen LogP contribution is 2.17. The first-order chi connectivity index (χ1) is 10.6. The van der Waals surface area contributed by atoms with Crippen molar-refractivity contribution in [2.45, 2.75) is 33.3 Å². The van der Waals surface area contributed by atoms with E-state index in [1.165, 1.54) is 31.4 Å². The van der Waals surface area contributed by atoms with Crippen LogP contribution in [0.3, 0.4) is 0 Å². The second-order valence-electron chi connectivity index (χ2n) is 6.01. The Kier molecular flexibility index (Phi) is 5.79. The Bertz CT molecular complexity index is 621. The molecule has 0 heterocycles. The van der Waals surface area contributed by atoms with Crippen molar-refractivity contribution in [1.29, 1.82) is 0 Å². The molecular formula is C17H20O6. The third-order valence-electron chi connectivity index (χ3n) is 2.90. The average Bonchev–Trinajstić information content (AvgIpc) is 2.44. The molecule has 0 saturated heterocycles. The first-order valence-electron chi connectivity index (χ1n) is 7.02. The van der Waals surface area contributed by atoms with Crippen LogP contribution >= 0.6 is 0 Å². The molecule has 0 aliphatic rings. The van der Waals surface area contributed by atoms with E-state index in [4.69, 9.17) is 4.74 Å². The normalized spacial score (nSPS) is 12.2. The van der Waals surface area contributed by atoms with Crippen molar-refractivity contribution < 1.29 is 28.7 Å². The number of carbonyl (C=O) groups is 4. The van der Waals surface area contributed by atoms with Crippen LogP contribution in [-0.4, -0.2) is 36.2 Å². The van der Waals surface area contributed by atoms with Gasteiger partial charge in [-0.2, -0.15) is 0 Å². The van der Waals surface area contributed by atoms with Gasteiger partial charge in [0.1, 0.15) is 5.60 Å². The van der Waals surface area contributed by atoms with E-state index in [0.29, 0.717) is 0 Å². The van der Waals surface area contributed by atoms with Crippen LogP contribution in [0.1, 0.15) is 48.4 Å². The van der Waals surface area contributed by atoms with Gasteiger partial charge in [0.15, 0.2) is 17.5 Å². The second kappa shape index (κ2) is 7.17. The molecule has 1 aromatic rings. The fraction of sp³-hybridized carbons (Fsp3) is 0.412. The van der Waals surface area contributed by atoms with Crippen molar-refractivity contribution in [3.63, 3.8) is 0 Å². The number of ether oxygens (including phenoxy) is 2. The number of Topliss-reactive ketones (excluding diaryl/α,β-unsaturated/α-hetero) is 2. The molecule has 0 fully saturated rings. The summed E-state index contributed by atoms with van der Waals surface area (Å²) in [5.74, 6) is -4.20. The monoisotopic (exact) mass is 320 g/mol. The predicted molar refractivity (Wildman–Crippen MR) is 82.1 cm³/mol. The summed E-state index contributed by atoms with van der Waals surface area (Å²) in [7, 11) is 1.25. The molecule has 1 rings (SSSR count). The van der Waals surface area contributed by atoms with Crippen molar-refractivity contribution in [2.24, 2.45) is 5.92 Å². The molecule has 1 unspecified atom stereocenters. The Balaban J connectivity index is 3.05. The van der Waals surface area contributed by atoms with Crippen LogP contribution in [0.25, 0.3) is 0 Å². The Labute approximate surface area is 134 Å². The van der Waals surface area contributed by atoms with Gasteiger partial charge in [0.25, 0.3) is 0 Å². The van der Waals surface area contributed by atoms with Crippen LogP contribution in [0.5, 0.6) is 0 Å². The van der Waals surface area contributed by atoms with E-state index >= 15 is 0 Å². The molecule has 0 aromatic heterocycles. The standard InChI is InChI=1S/C17H20O6/c1-10(18)13(16(21)23-17(2,3)4)14(19)11-6-8-12(9-7-11)15(20)22-5/h6-9,13H,1-5H3. The van der Waals surface area contributed by atoms with E-state index in [2.05, 4.69) is 4.74 Å². The van der Waals surface area contributed by atoms with Crippen molar-refractivity contribution in [3.05, 3.63) is 35.4 Å². The summed E-state index contributed by atoms with van der Waals surface area (Å²) >= 11 is 0. The second-order valence-corrected chi connectivity index (χ2v) is 6.01. The highest BCUT2D eigenvalue weighted by molar-refractivity contribution is 6.22. The van der Waals surface area contributed by atoms with Gasteiger partial charge in [0, 0.05) is 5.56 Å². The molecule has 0 saturated carbocycles. The summed E-state index contributed by atoms with van der Waals surface area (Å²) in [6.07, 6.45) is 0. The molecule has 6 heteroatoms. The SMILES string of the molecule is COC(=O)c1ccc(C(=O)C(C(C)=O)C(=O)OC(C)(C)C)cc1. The van der Waals surface area contributed by atoms with Crippen LogP contribution in [0, 0.1) is 5.92 Å². The maximum absolute atomic E-state index is 12.4. The maximum Gasteiger partial charge on any atom is 0.337 e.